The largest absolute Gasteiger partial charge is 0.471 e. The minimum absolute atomic E-state index is 0.0686. The van der Waals surface area contributed by atoms with Crippen LogP contribution < -0.4 is 5.32 Å². The number of aromatic nitrogens is 2. The first-order chi connectivity index (χ1) is 7.47. The Kier molecular flexibility index (Phi) is 2.30. The summed E-state index contributed by atoms with van der Waals surface area (Å²) >= 11 is 0. The molecular formula is C9H6F3N3O. The summed E-state index contributed by atoms with van der Waals surface area (Å²) < 4.78 is 35.9. The van der Waals surface area contributed by atoms with Crippen LogP contribution in [0.2, 0.25) is 0 Å². The number of hydrogen-bond acceptors (Lipinski definition) is 2. The van der Waals surface area contributed by atoms with Gasteiger partial charge in [-0.15, -0.1) is 0 Å². The van der Waals surface area contributed by atoms with Crippen LogP contribution in [0.5, 0.6) is 0 Å². The molecule has 0 unspecified atom stereocenters. The number of anilines is 1. The first-order valence-corrected chi connectivity index (χ1v) is 4.28. The monoisotopic (exact) mass is 229 g/mol. The Morgan fingerprint density at radius 3 is 2.81 bits per heavy atom. The standard InChI is InChI=1S/C9H6F3N3O/c10-9(11,12)8(16)15-5-1-2-6-7(3-5)14-4-13-6/h1-4H,(H,13,14)(H,15,16). The highest BCUT2D eigenvalue weighted by Gasteiger charge is 2.38. The smallest absolute Gasteiger partial charge is 0.345 e. The molecule has 1 amide bonds. The number of halogens is 3. The zero-order valence-electron chi connectivity index (χ0n) is 7.80. The highest BCUT2D eigenvalue weighted by Crippen LogP contribution is 2.20. The van der Waals surface area contributed by atoms with Gasteiger partial charge in [-0.2, -0.15) is 13.2 Å². The molecule has 7 heteroatoms. The van der Waals surface area contributed by atoms with Crippen molar-refractivity contribution in [2.24, 2.45) is 0 Å². The van der Waals surface area contributed by atoms with Crippen LogP contribution in [0.3, 0.4) is 0 Å². The van der Waals surface area contributed by atoms with Crippen LogP contribution in [0, 0.1) is 0 Å². The Labute approximate surface area is 87.5 Å². The number of H-pyrrole nitrogens is 1. The van der Waals surface area contributed by atoms with Crippen molar-refractivity contribution >= 4 is 22.6 Å². The molecule has 1 aromatic heterocycles. The van der Waals surface area contributed by atoms with Gasteiger partial charge in [0.05, 0.1) is 17.4 Å². The lowest BCUT2D eigenvalue weighted by Gasteiger charge is -2.07. The first kappa shape index (κ1) is 10.5. The second kappa shape index (κ2) is 3.51. The second-order valence-corrected chi connectivity index (χ2v) is 3.09. The molecule has 0 bridgehead atoms. The minimum Gasteiger partial charge on any atom is -0.345 e. The van der Waals surface area contributed by atoms with Gasteiger partial charge < -0.3 is 10.3 Å². The van der Waals surface area contributed by atoms with E-state index in [1.807, 2.05) is 0 Å². The summed E-state index contributed by atoms with van der Waals surface area (Å²) in [6.07, 6.45) is -3.47. The molecule has 16 heavy (non-hydrogen) atoms. The lowest BCUT2D eigenvalue weighted by molar-refractivity contribution is -0.167. The summed E-state index contributed by atoms with van der Waals surface area (Å²) in [5.41, 5.74) is 1.24. The molecule has 4 nitrogen and oxygen atoms in total. The first-order valence-electron chi connectivity index (χ1n) is 4.28. The van der Waals surface area contributed by atoms with Crippen LogP contribution in [0.25, 0.3) is 11.0 Å². The van der Waals surface area contributed by atoms with Crippen LogP contribution in [0.15, 0.2) is 24.5 Å². The third kappa shape index (κ3) is 1.97. The molecule has 0 aliphatic rings. The maximum Gasteiger partial charge on any atom is 0.471 e. The molecule has 2 rings (SSSR count). The Morgan fingerprint density at radius 1 is 1.38 bits per heavy atom. The SMILES string of the molecule is O=C(Nc1ccc2nc[nH]c2c1)C(F)(F)F. The third-order valence-corrected chi connectivity index (χ3v) is 1.94. The van der Waals surface area contributed by atoms with E-state index < -0.39 is 12.1 Å². The van der Waals surface area contributed by atoms with Gasteiger partial charge in [0, 0.05) is 5.69 Å². The normalized spacial score (nSPS) is 11.7. The zero-order chi connectivity index (χ0) is 11.8. The number of amides is 1. The molecule has 0 radical (unpaired) electrons. The van der Waals surface area contributed by atoms with Crippen molar-refractivity contribution in [3.63, 3.8) is 0 Å². The van der Waals surface area contributed by atoms with Gasteiger partial charge in [-0.1, -0.05) is 0 Å². The van der Waals surface area contributed by atoms with E-state index in [-0.39, 0.29) is 5.69 Å². The molecule has 0 saturated heterocycles. The number of rotatable bonds is 1. The van der Waals surface area contributed by atoms with Crippen molar-refractivity contribution in [1.82, 2.24) is 9.97 Å². The van der Waals surface area contributed by atoms with Crippen LogP contribution in [-0.2, 0) is 4.79 Å². The number of nitrogens with zero attached hydrogens (tertiary/aromatic N) is 1. The van der Waals surface area contributed by atoms with E-state index in [1.54, 1.807) is 5.32 Å². The molecule has 0 atom stereocenters. The number of carbonyl (C=O) groups excluding carboxylic acids is 1. The number of alkyl halides is 3. The summed E-state index contributed by atoms with van der Waals surface area (Å²) in [6, 6.07) is 4.25. The van der Waals surface area contributed by atoms with Crippen molar-refractivity contribution in [2.45, 2.75) is 6.18 Å². The summed E-state index contributed by atoms with van der Waals surface area (Å²) in [7, 11) is 0. The molecule has 0 fully saturated rings. The molecule has 2 aromatic rings. The Hall–Kier alpha value is -2.05. The van der Waals surface area contributed by atoms with Crippen LogP contribution >= 0.6 is 0 Å². The number of aromatic amines is 1. The van der Waals surface area contributed by atoms with E-state index in [9.17, 15) is 18.0 Å². The summed E-state index contributed by atoms with van der Waals surface area (Å²) in [6.45, 7) is 0. The van der Waals surface area contributed by atoms with Gasteiger partial charge in [0.2, 0.25) is 0 Å². The van der Waals surface area contributed by atoms with Gasteiger partial charge in [0.25, 0.3) is 0 Å². The number of imidazole rings is 1. The van der Waals surface area contributed by atoms with Gasteiger partial charge in [0.15, 0.2) is 0 Å². The van der Waals surface area contributed by atoms with Crippen LogP contribution in [-0.4, -0.2) is 22.1 Å². The predicted octanol–water partition coefficient (Wildman–Crippen LogP) is 2.06. The predicted molar refractivity (Wildman–Crippen MR) is 50.8 cm³/mol. The Balaban J connectivity index is 2.24. The molecular weight excluding hydrogens is 223 g/mol. The summed E-state index contributed by atoms with van der Waals surface area (Å²) in [5, 5.41) is 1.75. The minimum atomic E-state index is -4.89. The van der Waals surface area contributed by atoms with Gasteiger partial charge in [-0.25, -0.2) is 4.98 Å². The van der Waals surface area contributed by atoms with Crippen molar-refractivity contribution in [1.29, 1.82) is 0 Å². The fourth-order valence-corrected chi connectivity index (χ4v) is 1.22. The fourth-order valence-electron chi connectivity index (χ4n) is 1.22. The molecule has 84 valence electrons. The molecule has 1 aromatic carbocycles. The number of fused-ring (bicyclic) bond motifs is 1. The van der Waals surface area contributed by atoms with E-state index in [0.29, 0.717) is 11.0 Å². The van der Waals surface area contributed by atoms with Crippen LogP contribution in [0.1, 0.15) is 0 Å². The van der Waals surface area contributed by atoms with Gasteiger partial charge >= 0.3 is 12.1 Å². The number of carbonyl (C=O) groups is 1. The maximum absolute atomic E-state index is 12.0. The lowest BCUT2D eigenvalue weighted by Crippen LogP contribution is -2.29. The van der Waals surface area contributed by atoms with Crippen molar-refractivity contribution in [3.05, 3.63) is 24.5 Å². The second-order valence-electron chi connectivity index (χ2n) is 3.09. The van der Waals surface area contributed by atoms with Crippen LogP contribution in [0.4, 0.5) is 18.9 Å². The van der Waals surface area contributed by atoms with E-state index in [4.69, 9.17) is 0 Å². The maximum atomic E-state index is 12.0. The van der Waals surface area contributed by atoms with Crippen molar-refractivity contribution in [2.75, 3.05) is 5.32 Å². The fraction of sp³-hybridized carbons (Fsp3) is 0.111. The molecule has 0 aliphatic heterocycles. The average molecular weight is 229 g/mol. The topological polar surface area (TPSA) is 57.8 Å². The van der Waals surface area contributed by atoms with Crippen molar-refractivity contribution in [3.8, 4) is 0 Å². The van der Waals surface area contributed by atoms with E-state index in [1.165, 1.54) is 24.5 Å². The molecule has 0 aliphatic carbocycles. The Bertz CT molecular complexity index is 532. The van der Waals surface area contributed by atoms with E-state index >= 15 is 0 Å². The highest BCUT2D eigenvalue weighted by molar-refractivity contribution is 5.96. The highest BCUT2D eigenvalue weighted by atomic mass is 19.4. The Morgan fingerprint density at radius 2 is 2.12 bits per heavy atom. The average Bonchev–Trinajstić information content (AvgIpc) is 2.63. The van der Waals surface area contributed by atoms with Crippen molar-refractivity contribution < 1.29 is 18.0 Å². The van der Waals surface area contributed by atoms with E-state index in [2.05, 4.69) is 9.97 Å². The van der Waals surface area contributed by atoms with E-state index in [0.717, 1.165) is 0 Å². The third-order valence-electron chi connectivity index (χ3n) is 1.94. The quantitative estimate of drug-likeness (QED) is 0.786. The molecule has 1 heterocycles. The molecule has 0 spiro atoms. The summed E-state index contributed by atoms with van der Waals surface area (Å²) in [4.78, 5) is 17.3. The van der Waals surface area contributed by atoms with Gasteiger partial charge in [-0.3, -0.25) is 4.79 Å². The molecule has 0 saturated carbocycles. The lowest BCUT2D eigenvalue weighted by atomic mass is 10.2. The number of hydrogen-bond donors (Lipinski definition) is 2. The number of nitrogens with one attached hydrogen (secondary N) is 2. The molecule has 2 N–H and O–H groups in total. The summed E-state index contributed by atoms with van der Waals surface area (Å²) in [5.74, 6) is -1.99. The number of benzene rings is 1. The van der Waals surface area contributed by atoms with Gasteiger partial charge in [0.1, 0.15) is 0 Å². The van der Waals surface area contributed by atoms with Gasteiger partial charge in [-0.05, 0) is 18.2 Å². The zero-order valence-corrected chi connectivity index (χ0v) is 7.80.